The van der Waals surface area contributed by atoms with E-state index in [1.807, 2.05) is 0 Å². The lowest BCUT2D eigenvalue weighted by atomic mass is 10.2. The molecular formula is C11H18N4O2S. The minimum Gasteiger partial charge on any atom is -0.354 e. The van der Waals surface area contributed by atoms with Crippen molar-refractivity contribution in [2.45, 2.75) is 25.7 Å². The van der Waals surface area contributed by atoms with Crippen molar-refractivity contribution in [1.82, 2.24) is 10.3 Å². The minimum atomic E-state index is -0.255. The number of thiazole rings is 1. The van der Waals surface area contributed by atoms with Gasteiger partial charge in [0.2, 0.25) is 5.91 Å². The molecule has 100 valence electrons. The largest absolute Gasteiger partial charge is 0.354 e. The van der Waals surface area contributed by atoms with Crippen LogP contribution in [0.5, 0.6) is 0 Å². The Kier molecular flexibility index (Phi) is 6.31. The number of hydrogen-bond acceptors (Lipinski definition) is 5. The molecule has 0 fully saturated rings. The summed E-state index contributed by atoms with van der Waals surface area (Å²) in [5, 5.41) is 7.22. The van der Waals surface area contributed by atoms with Crippen molar-refractivity contribution >= 4 is 28.3 Å². The van der Waals surface area contributed by atoms with Crippen LogP contribution >= 0.6 is 11.3 Å². The molecule has 0 spiro atoms. The number of carbonyl (C=O) groups is 2. The lowest BCUT2D eigenvalue weighted by Gasteiger charge is -2.01. The molecule has 0 atom stereocenters. The number of rotatable bonds is 7. The van der Waals surface area contributed by atoms with Crippen LogP contribution in [0.25, 0.3) is 0 Å². The fraction of sp³-hybridized carbons (Fsp3) is 0.545. The second-order valence-corrected chi connectivity index (χ2v) is 4.62. The fourth-order valence-electron chi connectivity index (χ4n) is 1.35. The van der Waals surface area contributed by atoms with E-state index in [4.69, 9.17) is 5.73 Å². The summed E-state index contributed by atoms with van der Waals surface area (Å²) in [5.74, 6) is -0.334. The van der Waals surface area contributed by atoms with E-state index in [0.717, 1.165) is 19.3 Å². The van der Waals surface area contributed by atoms with Crippen molar-refractivity contribution in [2.75, 3.05) is 18.9 Å². The highest BCUT2D eigenvalue weighted by Crippen LogP contribution is 2.15. The van der Waals surface area contributed by atoms with Gasteiger partial charge < -0.3 is 16.4 Å². The fourth-order valence-corrected chi connectivity index (χ4v) is 2.06. The second-order valence-electron chi connectivity index (χ2n) is 3.76. The summed E-state index contributed by atoms with van der Waals surface area (Å²) in [6.07, 6.45) is 3.15. The molecule has 0 aliphatic rings. The van der Waals surface area contributed by atoms with E-state index in [1.165, 1.54) is 18.4 Å². The number of nitrogens with zero attached hydrogens (tertiary/aromatic N) is 1. The summed E-state index contributed by atoms with van der Waals surface area (Å²) >= 11 is 1.24. The zero-order chi connectivity index (χ0) is 13.4. The molecule has 1 aromatic heterocycles. The van der Waals surface area contributed by atoms with Crippen LogP contribution in [0, 0.1) is 0 Å². The summed E-state index contributed by atoms with van der Waals surface area (Å²) in [7, 11) is 1.54. The van der Waals surface area contributed by atoms with E-state index in [0.29, 0.717) is 23.8 Å². The first kappa shape index (κ1) is 14.6. The molecular weight excluding hydrogens is 252 g/mol. The number of aromatic nitrogens is 1. The van der Waals surface area contributed by atoms with Gasteiger partial charge in [-0.3, -0.25) is 9.59 Å². The first-order valence-electron chi connectivity index (χ1n) is 5.85. The van der Waals surface area contributed by atoms with Crippen molar-refractivity contribution in [2.24, 2.45) is 5.73 Å². The van der Waals surface area contributed by atoms with E-state index < -0.39 is 0 Å². The number of amides is 2. The molecule has 0 aromatic carbocycles. The van der Waals surface area contributed by atoms with E-state index >= 15 is 0 Å². The molecule has 0 saturated carbocycles. The monoisotopic (exact) mass is 270 g/mol. The average molecular weight is 270 g/mol. The Morgan fingerprint density at radius 2 is 2.17 bits per heavy atom. The van der Waals surface area contributed by atoms with Crippen LogP contribution in [-0.4, -0.2) is 30.4 Å². The molecule has 1 aromatic rings. The second kappa shape index (κ2) is 7.78. The first-order chi connectivity index (χ1) is 8.67. The smallest absolute Gasteiger partial charge is 0.270 e. The highest BCUT2D eigenvalue weighted by molar-refractivity contribution is 7.14. The van der Waals surface area contributed by atoms with Crippen molar-refractivity contribution in [3.63, 3.8) is 0 Å². The molecule has 0 aliphatic carbocycles. The number of anilines is 1. The SMILES string of the molecule is CNC(=O)c1csc(NC(=O)CCCCCN)n1. The van der Waals surface area contributed by atoms with Crippen molar-refractivity contribution in [3.05, 3.63) is 11.1 Å². The van der Waals surface area contributed by atoms with Crippen LogP contribution in [0.15, 0.2) is 5.38 Å². The van der Waals surface area contributed by atoms with Gasteiger partial charge in [-0.1, -0.05) is 6.42 Å². The summed E-state index contributed by atoms with van der Waals surface area (Å²) in [6.45, 7) is 0.656. The van der Waals surface area contributed by atoms with Gasteiger partial charge in [0.15, 0.2) is 5.13 Å². The Balaban J connectivity index is 2.35. The zero-order valence-electron chi connectivity index (χ0n) is 10.4. The van der Waals surface area contributed by atoms with E-state index in [1.54, 1.807) is 5.38 Å². The van der Waals surface area contributed by atoms with Crippen LogP contribution in [0.2, 0.25) is 0 Å². The molecule has 4 N–H and O–H groups in total. The third-order valence-electron chi connectivity index (χ3n) is 2.32. The van der Waals surface area contributed by atoms with Crippen LogP contribution in [0.1, 0.15) is 36.2 Å². The van der Waals surface area contributed by atoms with Crippen molar-refractivity contribution < 1.29 is 9.59 Å². The molecule has 1 rings (SSSR count). The quantitative estimate of drug-likeness (QED) is 0.643. The minimum absolute atomic E-state index is 0.0789. The predicted molar refractivity (Wildman–Crippen MR) is 71.7 cm³/mol. The molecule has 2 amide bonds. The van der Waals surface area contributed by atoms with Crippen LogP contribution in [-0.2, 0) is 4.79 Å². The normalized spacial score (nSPS) is 10.1. The lowest BCUT2D eigenvalue weighted by molar-refractivity contribution is -0.116. The maximum atomic E-state index is 11.5. The van der Waals surface area contributed by atoms with Gasteiger partial charge in [-0.05, 0) is 19.4 Å². The van der Waals surface area contributed by atoms with Gasteiger partial charge in [0.05, 0.1) is 0 Å². The molecule has 0 radical (unpaired) electrons. The average Bonchev–Trinajstić information content (AvgIpc) is 2.82. The predicted octanol–water partition coefficient (Wildman–Crippen LogP) is 0.960. The Morgan fingerprint density at radius 3 is 2.83 bits per heavy atom. The van der Waals surface area contributed by atoms with E-state index in [2.05, 4.69) is 15.6 Å². The summed E-state index contributed by atoms with van der Waals surface area (Å²) in [5.41, 5.74) is 5.69. The third-order valence-corrected chi connectivity index (χ3v) is 3.08. The van der Waals surface area contributed by atoms with Crippen LogP contribution < -0.4 is 16.4 Å². The number of nitrogens with two attached hydrogens (primary N) is 1. The van der Waals surface area contributed by atoms with Gasteiger partial charge in [0.25, 0.3) is 5.91 Å². The topological polar surface area (TPSA) is 97.1 Å². The van der Waals surface area contributed by atoms with E-state index in [9.17, 15) is 9.59 Å². The van der Waals surface area contributed by atoms with E-state index in [-0.39, 0.29) is 11.8 Å². The van der Waals surface area contributed by atoms with Crippen molar-refractivity contribution in [3.8, 4) is 0 Å². The Labute approximate surface area is 110 Å². The van der Waals surface area contributed by atoms with Gasteiger partial charge in [-0.25, -0.2) is 4.98 Å². The molecule has 18 heavy (non-hydrogen) atoms. The van der Waals surface area contributed by atoms with Gasteiger partial charge in [-0.15, -0.1) is 11.3 Å². The molecule has 0 aliphatic heterocycles. The number of unbranched alkanes of at least 4 members (excludes halogenated alkanes) is 2. The number of carbonyl (C=O) groups excluding carboxylic acids is 2. The molecule has 0 bridgehead atoms. The third kappa shape index (κ3) is 4.80. The maximum absolute atomic E-state index is 11.5. The maximum Gasteiger partial charge on any atom is 0.270 e. The summed E-state index contributed by atoms with van der Waals surface area (Å²) in [6, 6.07) is 0. The molecule has 6 nitrogen and oxygen atoms in total. The lowest BCUT2D eigenvalue weighted by Crippen LogP contribution is -2.18. The van der Waals surface area contributed by atoms with Gasteiger partial charge in [-0.2, -0.15) is 0 Å². The molecule has 0 unspecified atom stereocenters. The first-order valence-corrected chi connectivity index (χ1v) is 6.73. The molecule has 7 heteroatoms. The highest BCUT2D eigenvalue weighted by atomic mass is 32.1. The zero-order valence-corrected chi connectivity index (χ0v) is 11.2. The number of nitrogens with one attached hydrogen (secondary N) is 2. The van der Waals surface area contributed by atoms with Crippen LogP contribution in [0.3, 0.4) is 0 Å². The standard InChI is InChI=1S/C11H18N4O2S/c1-13-10(17)8-7-18-11(14-8)15-9(16)5-3-2-4-6-12/h7H,2-6,12H2,1H3,(H,13,17)(H,14,15,16). The van der Waals surface area contributed by atoms with Gasteiger partial charge in [0.1, 0.15) is 5.69 Å². The van der Waals surface area contributed by atoms with Crippen LogP contribution in [0.4, 0.5) is 5.13 Å². The Hall–Kier alpha value is -1.47. The molecule has 1 heterocycles. The van der Waals surface area contributed by atoms with Crippen molar-refractivity contribution in [1.29, 1.82) is 0 Å². The summed E-state index contributed by atoms with van der Waals surface area (Å²) < 4.78 is 0. The highest BCUT2D eigenvalue weighted by Gasteiger charge is 2.10. The Morgan fingerprint density at radius 1 is 1.39 bits per heavy atom. The van der Waals surface area contributed by atoms with Gasteiger partial charge >= 0.3 is 0 Å². The molecule has 0 saturated heterocycles. The van der Waals surface area contributed by atoms with Gasteiger partial charge in [0, 0.05) is 18.8 Å². The Bertz CT molecular complexity index is 406. The number of hydrogen-bond donors (Lipinski definition) is 3. The summed E-state index contributed by atoms with van der Waals surface area (Å²) in [4.78, 5) is 26.8.